The van der Waals surface area contributed by atoms with Gasteiger partial charge < -0.3 is 10.5 Å². The summed E-state index contributed by atoms with van der Waals surface area (Å²) in [6, 6.07) is 8.27. The van der Waals surface area contributed by atoms with Crippen LogP contribution in [0.3, 0.4) is 0 Å². The largest absolute Gasteiger partial charge is 0.462 e. The average molecular weight is 287 g/mol. The lowest BCUT2D eigenvalue weighted by Gasteiger charge is -2.09. The summed E-state index contributed by atoms with van der Waals surface area (Å²) in [7, 11) is 0. The normalized spacial score (nSPS) is 13.2. The number of rotatable bonds is 2. The molecule has 0 bridgehead atoms. The number of benzene rings is 1. The molecule has 0 spiro atoms. The first-order chi connectivity index (χ1) is 9.72. The monoisotopic (exact) mass is 287 g/mol. The first kappa shape index (κ1) is 13.2. The van der Waals surface area contributed by atoms with E-state index in [0.29, 0.717) is 17.2 Å². The molecule has 2 aromatic rings. The maximum atomic E-state index is 12.2. The molecule has 4 heteroatoms. The quantitative estimate of drug-likeness (QED) is 0.858. The van der Waals surface area contributed by atoms with Crippen molar-refractivity contribution in [1.29, 1.82) is 0 Å². The van der Waals surface area contributed by atoms with Crippen LogP contribution in [0.5, 0.6) is 0 Å². The molecule has 1 heterocycles. The first-order valence-electron chi connectivity index (χ1n) is 6.89. The predicted octanol–water partition coefficient (Wildman–Crippen LogP) is 3.66. The number of carbonyl (C=O) groups is 1. The van der Waals surface area contributed by atoms with Crippen LogP contribution in [0, 0.1) is 0 Å². The number of anilines is 1. The minimum Gasteiger partial charge on any atom is -0.462 e. The van der Waals surface area contributed by atoms with Gasteiger partial charge in [0.1, 0.15) is 10.6 Å². The van der Waals surface area contributed by atoms with Gasteiger partial charge in [-0.05, 0) is 37.3 Å². The van der Waals surface area contributed by atoms with E-state index in [2.05, 4.69) is 12.1 Å². The molecule has 1 aliphatic rings. The van der Waals surface area contributed by atoms with E-state index in [9.17, 15) is 4.79 Å². The van der Waals surface area contributed by atoms with Crippen molar-refractivity contribution in [2.24, 2.45) is 0 Å². The summed E-state index contributed by atoms with van der Waals surface area (Å²) in [5.41, 5.74) is 10.1. The highest BCUT2D eigenvalue weighted by Crippen LogP contribution is 2.43. The van der Waals surface area contributed by atoms with E-state index in [1.807, 2.05) is 19.1 Å². The van der Waals surface area contributed by atoms with Crippen molar-refractivity contribution in [1.82, 2.24) is 0 Å². The molecule has 0 atom stereocenters. The second-order valence-corrected chi connectivity index (χ2v) is 6.01. The predicted molar refractivity (Wildman–Crippen MR) is 82.1 cm³/mol. The molecule has 20 heavy (non-hydrogen) atoms. The molecule has 0 saturated carbocycles. The van der Waals surface area contributed by atoms with Gasteiger partial charge in [0.05, 0.1) is 6.61 Å². The Labute approximate surface area is 122 Å². The molecule has 0 aliphatic heterocycles. The lowest BCUT2D eigenvalue weighted by atomic mass is 9.97. The van der Waals surface area contributed by atoms with E-state index in [1.54, 1.807) is 0 Å². The summed E-state index contributed by atoms with van der Waals surface area (Å²) in [6.07, 6.45) is 3.10. The molecule has 1 aliphatic carbocycles. The molecule has 0 radical (unpaired) electrons. The Balaban J connectivity index is 2.22. The smallest absolute Gasteiger partial charge is 0.341 e. The van der Waals surface area contributed by atoms with Crippen molar-refractivity contribution < 1.29 is 9.53 Å². The Kier molecular flexibility index (Phi) is 3.49. The van der Waals surface area contributed by atoms with Crippen LogP contribution in [-0.4, -0.2) is 12.6 Å². The lowest BCUT2D eigenvalue weighted by Crippen LogP contribution is -2.07. The Morgan fingerprint density at radius 3 is 2.95 bits per heavy atom. The maximum Gasteiger partial charge on any atom is 0.341 e. The highest BCUT2D eigenvalue weighted by atomic mass is 32.1. The number of nitrogen functional groups attached to an aromatic ring is 1. The second-order valence-electron chi connectivity index (χ2n) is 4.87. The van der Waals surface area contributed by atoms with Gasteiger partial charge in [-0.25, -0.2) is 4.79 Å². The molecule has 0 unspecified atom stereocenters. The van der Waals surface area contributed by atoms with Gasteiger partial charge in [-0.3, -0.25) is 0 Å². The molecule has 3 rings (SSSR count). The molecule has 0 amide bonds. The Hall–Kier alpha value is -1.81. The first-order valence-corrected chi connectivity index (χ1v) is 7.70. The standard InChI is InChI=1S/C16H17NO2S/c1-2-19-16(18)14-13-11-8-4-3-6-10(11)7-5-9-12(13)20-15(14)17/h3-4,6,8H,2,5,7,9,17H2,1H3. The van der Waals surface area contributed by atoms with Crippen molar-refractivity contribution in [2.75, 3.05) is 12.3 Å². The van der Waals surface area contributed by atoms with Crippen molar-refractivity contribution in [3.63, 3.8) is 0 Å². The molecule has 0 saturated heterocycles. The van der Waals surface area contributed by atoms with Crippen LogP contribution in [0.1, 0.15) is 34.1 Å². The molecule has 2 N–H and O–H groups in total. The van der Waals surface area contributed by atoms with Crippen molar-refractivity contribution in [3.8, 4) is 11.1 Å². The van der Waals surface area contributed by atoms with Crippen LogP contribution in [0.2, 0.25) is 0 Å². The zero-order chi connectivity index (χ0) is 14.1. The molecular weight excluding hydrogens is 270 g/mol. The highest BCUT2D eigenvalue weighted by Gasteiger charge is 2.27. The van der Waals surface area contributed by atoms with Crippen LogP contribution in [0.15, 0.2) is 24.3 Å². The third-order valence-corrected chi connectivity index (χ3v) is 4.70. The second kappa shape index (κ2) is 5.29. The van der Waals surface area contributed by atoms with E-state index in [0.717, 1.165) is 30.4 Å². The zero-order valence-electron chi connectivity index (χ0n) is 11.4. The summed E-state index contributed by atoms with van der Waals surface area (Å²) < 4.78 is 5.18. The van der Waals surface area contributed by atoms with E-state index < -0.39 is 0 Å². The number of ether oxygens (including phenoxy) is 1. The van der Waals surface area contributed by atoms with Gasteiger partial charge in [0.15, 0.2) is 0 Å². The van der Waals surface area contributed by atoms with E-state index in [1.165, 1.54) is 21.8 Å². The fourth-order valence-corrected chi connectivity index (χ4v) is 3.90. The van der Waals surface area contributed by atoms with E-state index >= 15 is 0 Å². The van der Waals surface area contributed by atoms with Crippen molar-refractivity contribution in [3.05, 3.63) is 40.3 Å². The van der Waals surface area contributed by atoms with Gasteiger partial charge in [-0.2, -0.15) is 0 Å². The molecule has 1 aromatic carbocycles. The van der Waals surface area contributed by atoms with E-state index in [-0.39, 0.29) is 5.97 Å². The van der Waals surface area contributed by atoms with Gasteiger partial charge in [-0.1, -0.05) is 24.3 Å². The fourth-order valence-electron chi connectivity index (χ4n) is 2.79. The minimum atomic E-state index is -0.306. The van der Waals surface area contributed by atoms with Crippen LogP contribution in [0.25, 0.3) is 11.1 Å². The maximum absolute atomic E-state index is 12.2. The minimum absolute atomic E-state index is 0.306. The zero-order valence-corrected chi connectivity index (χ0v) is 12.3. The van der Waals surface area contributed by atoms with Crippen molar-refractivity contribution in [2.45, 2.75) is 26.2 Å². The summed E-state index contributed by atoms with van der Waals surface area (Å²) in [4.78, 5) is 13.4. The molecule has 104 valence electrons. The van der Waals surface area contributed by atoms with Gasteiger partial charge in [0.25, 0.3) is 0 Å². The SMILES string of the molecule is CCOC(=O)c1c(N)sc2c1-c1ccccc1CCC2. The number of aryl methyl sites for hydroxylation is 2. The number of hydrogen-bond donors (Lipinski definition) is 1. The van der Waals surface area contributed by atoms with Crippen LogP contribution in [0.4, 0.5) is 5.00 Å². The fraction of sp³-hybridized carbons (Fsp3) is 0.312. The molecule has 0 fully saturated rings. The molecule has 1 aromatic heterocycles. The topological polar surface area (TPSA) is 52.3 Å². The summed E-state index contributed by atoms with van der Waals surface area (Å²) in [5.74, 6) is -0.306. The summed E-state index contributed by atoms with van der Waals surface area (Å²) in [6.45, 7) is 2.18. The number of hydrogen-bond acceptors (Lipinski definition) is 4. The Morgan fingerprint density at radius 2 is 2.15 bits per heavy atom. The highest BCUT2D eigenvalue weighted by molar-refractivity contribution is 7.17. The lowest BCUT2D eigenvalue weighted by molar-refractivity contribution is 0.0529. The third-order valence-electron chi connectivity index (χ3n) is 3.62. The number of carbonyl (C=O) groups excluding carboxylic acids is 1. The summed E-state index contributed by atoms with van der Waals surface area (Å²) >= 11 is 1.52. The van der Waals surface area contributed by atoms with Crippen LogP contribution < -0.4 is 5.73 Å². The van der Waals surface area contributed by atoms with Crippen molar-refractivity contribution >= 4 is 22.3 Å². The Bertz CT molecular complexity index is 660. The van der Waals surface area contributed by atoms with Gasteiger partial charge in [-0.15, -0.1) is 11.3 Å². The van der Waals surface area contributed by atoms with Gasteiger partial charge >= 0.3 is 5.97 Å². The molecular formula is C16H17NO2S. The average Bonchev–Trinajstić information content (AvgIpc) is 2.66. The number of fused-ring (bicyclic) bond motifs is 3. The third kappa shape index (κ3) is 2.10. The van der Waals surface area contributed by atoms with Gasteiger partial charge in [0.2, 0.25) is 0 Å². The van der Waals surface area contributed by atoms with Crippen LogP contribution >= 0.6 is 11.3 Å². The Morgan fingerprint density at radius 1 is 1.35 bits per heavy atom. The number of nitrogens with two attached hydrogens (primary N) is 1. The van der Waals surface area contributed by atoms with Crippen LogP contribution in [-0.2, 0) is 17.6 Å². The number of thiophene rings is 1. The number of esters is 1. The van der Waals surface area contributed by atoms with Gasteiger partial charge in [0, 0.05) is 10.4 Å². The molecule has 3 nitrogen and oxygen atoms in total. The van der Waals surface area contributed by atoms with E-state index in [4.69, 9.17) is 10.5 Å². The summed E-state index contributed by atoms with van der Waals surface area (Å²) in [5, 5.41) is 0.574.